The Morgan fingerprint density at radius 2 is 2.07 bits per heavy atom. The van der Waals surface area contributed by atoms with Gasteiger partial charge in [0.1, 0.15) is 11.8 Å². The summed E-state index contributed by atoms with van der Waals surface area (Å²) in [4.78, 5) is 14.4. The monoisotopic (exact) mass is 429 g/mol. The van der Waals surface area contributed by atoms with E-state index in [2.05, 4.69) is 33.2 Å². The number of nitrogens with one attached hydrogen (secondary N) is 1. The lowest BCUT2D eigenvalue weighted by Gasteiger charge is -2.39. The molecule has 0 spiro atoms. The highest BCUT2D eigenvalue weighted by Crippen LogP contribution is 2.32. The van der Waals surface area contributed by atoms with Crippen LogP contribution < -0.4 is 10.1 Å². The molecule has 1 aromatic rings. The summed E-state index contributed by atoms with van der Waals surface area (Å²) in [6, 6.07) is 9.20. The Bertz CT molecular complexity index is 739. The number of rotatable bonds is 5. The fourth-order valence-corrected chi connectivity index (χ4v) is 4.35. The van der Waals surface area contributed by atoms with Crippen molar-refractivity contribution in [3.8, 4) is 24.2 Å². The van der Waals surface area contributed by atoms with E-state index in [1.807, 2.05) is 24.3 Å². The summed E-state index contributed by atoms with van der Waals surface area (Å²) in [6.07, 6.45) is 11.8. The van der Waals surface area contributed by atoms with Gasteiger partial charge in [-0.15, -0.1) is 6.42 Å². The first kappa shape index (κ1) is 19.7. The van der Waals surface area contributed by atoms with Gasteiger partial charge in [0, 0.05) is 17.3 Å². The number of carbonyl (C=O) groups is 1. The van der Waals surface area contributed by atoms with Gasteiger partial charge in [0.25, 0.3) is 0 Å². The number of hydrogen-bond donors (Lipinski definition) is 1. The molecule has 0 bridgehead atoms. The highest BCUT2D eigenvalue weighted by molar-refractivity contribution is 9.10. The van der Waals surface area contributed by atoms with E-state index in [-0.39, 0.29) is 18.5 Å². The van der Waals surface area contributed by atoms with Gasteiger partial charge < -0.3 is 9.64 Å². The maximum atomic E-state index is 12.8. The Labute approximate surface area is 169 Å². The van der Waals surface area contributed by atoms with E-state index in [1.165, 1.54) is 6.42 Å². The molecule has 0 unspecified atom stereocenters. The Balaban J connectivity index is 1.70. The van der Waals surface area contributed by atoms with Gasteiger partial charge in [-0.25, -0.2) is 0 Å². The molecular formula is C21H24BrN3O2. The van der Waals surface area contributed by atoms with E-state index in [1.54, 1.807) is 4.90 Å². The van der Waals surface area contributed by atoms with Crippen LogP contribution in [0, 0.1) is 23.7 Å². The smallest absolute Gasteiger partial charge is 0.238 e. The van der Waals surface area contributed by atoms with Crippen molar-refractivity contribution >= 4 is 21.8 Å². The third kappa shape index (κ3) is 4.64. The summed E-state index contributed by atoms with van der Waals surface area (Å²) in [5.41, 5.74) is -0.567. The van der Waals surface area contributed by atoms with Crippen molar-refractivity contribution in [3.05, 3.63) is 28.7 Å². The van der Waals surface area contributed by atoms with Crippen LogP contribution in [0.1, 0.15) is 44.9 Å². The minimum Gasteiger partial charge on any atom is -0.473 e. The number of hydrogen-bond acceptors (Lipinski definition) is 4. The predicted molar refractivity (Wildman–Crippen MR) is 107 cm³/mol. The maximum Gasteiger partial charge on any atom is 0.238 e. The van der Waals surface area contributed by atoms with Crippen LogP contribution in [-0.2, 0) is 4.79 Å². The van der Waals surface area contributed by atoms with Gasteiger partial charge in [-0.1, -0.05) is 34.3 Å². The second kappa shape index (κ2) is 8.78. The first-order valence-corrected chi connectivity index (χ1v) is 10.2. The molecule has 2 fully saturated rings. The number of amides is 1. The lowest BCUT2D eigenvalue weighted by Crippen LogP contribution is -2.55. The SMILES string of the molecule is C#C[C@H]1CC[C@@H](C#N)N1C(=O)CNC1(Oc2cccc(Br)c2)CCCCC1. The predicted octanol–water partition coefficient (Wildman–Crippen LogP) is 3.59. The Hall–Kier alpha value is -2.02. The molecule has 1 aliphatic carbocycles. The first-order chi connectivity index (χ1) is 13.1. The van der Waals surface area contributed by atoms with Gasteiger partial charge in [0.2, 0.25) is 5.91 Å². The molecule has 0 radical (unpaired) electrons. The summed E-state index contributed by atoms with van der Waals surface area (Å²) in [7, 11) is 0. The van der Waals surface area contributed by atoms with E-state index in [4.69, 9.17) is 11.2 Å². The summed E-state index contributed by atoms with van der Waals surface area (Å²) in [6.45, 7) is 0.115. The lowest BCUT2D eigenvalue weighted by atomic mass is 9.91. The van der Waals surface area contributed by atoms with Gasteiger partial charge >= 0.3 is 0 Å². The minimum absolute atomic E-state index is 0.115. The highest BCUT2D eigenvalue weighted by atomic mass is 79.9. The second-order valence-corrected chi connectivity index (χ2v) is 8.09. The summed E-state index contributed by atoms with van der Waals surface area (Å²) >= 11 is 3.47. The van der Waals surface area contributed by atoms with Crippen LogP contribution in [0.2, 0.25) is 0 Å². The molecule has 1 heterocycles. The lowest BCUT2D eigenvalue weighted by molar-refractivity contribution is -0.133. The van der Waals surface area contributed by atoms with E-state index in [0.29, 0.717) is 12.8 Å². The van der Waals surface area contributed by atoms with Gasteiger partial charge in [-0.05, 0) is 43.9 Å². The number of carbonyl (C=O) groups excluding carboxylic acids is 1. The van der Waals surface area contributed by atoms with Crippen molar-refractivity contribution in [1.82, 2.24) is 10.2 Å². The Morgan fingerprint density at radius 1 is 1.33 bits per heavy atom. The normalized spacial score (nSPS) is 24.0. The maximum absolute atomic E-state index is 12.8. The number of terminal acetylenes is 1. The summed E-state index contributed by atoms with van der Waals surface area (Å²) in [5.74, 6) is 3.28. The molecule has 1 saturated carbocycles. The highest BCUT2D eigenvalue weighted by Gasteiger charge is 2.39. The average Bonchev–Trinajstić information content (AvgIpc) is 3.10. The molecular weight excluding hydrogens is 406 g/mol. The quantitative estimate of drug-likeness (QED) is 0.573. The molecule has 5 nitrogen and oxygen atoms in total. The Morgan fingerprint density at radius 3 is 2.74 bits per heavy atom. The number of ether oxygens (including phenoxy) is 1. The van der Waals surface area contributed by atoms with Gasteiger partial charge in [0.05, 0.1) is 18.7 Å². The molecule has 1 N–H and O–H groups in total. The van der Waals surface area contributed by atoms with Crippen molar-refractivity contribution < 1.29 is 9.53 Å². The third-order valence-corrected chi connectivity index (χ3v) is 5.84. The molecule has 1 saturated heterocycles. The molecule has 6 heteroatoms. The number of likely N-dealkylation sites (tertiary alicyclic amines) is 1. The van der Waals surface area contributed by atoms with Crippen molar-refractivity contribution in [2.45, 2.75) is 62.8 Å². The van der Waals surface area contributed by atoms with Crippen LogP contribution in [0.4, 0.5) is 0 Å². The van der Waals surface area contributed by atoms with Crippen molar-refractivity contribution in [2.24, 2.45) is 0 Å². The zero-order valence-corrected chi connectivity index (χ0v) is 16.9. The molecule has 0 aromatic heterocycles. The summed E-state index contributed by atoms with van der Waals surface area (Å²) < 4.78 is 7.28. The van der Waals surface area contributed by atoms with Crippen molar-refractivity contribution in [1.29, 1.82) is 5.26 Å². The zero-order chi connectivity index (χ0) is 19.3. The fourth-order valence-electron chi connectivity index (χ4n) is 3.97. The fraction of sp³-hybridized carbons (Fsp3) is 0.524. The first-order valence-electron chi connectivity index (χ1n) is 9.43. The number of nitrogens with zero attached hydrogens (tertiary/aromatic N) is 2. The average molecular weight is 430 g/mol. The molecule has 1 amide bonds. The van der Waals surface area contributed by atoms with E-state index in [9.17, 15) is 10.1 Å². The Kier molecular flexibility index (Phi) is 6.42. The van der Waals surface area contributed by atoms with E-state index >= 15 is 0 Å². The molecule has 1 aromatic carbocycles. The van der Waals surface area contributed by atoms with Gasteiger partial charge in [0.15, 0.2) is 5.72 Å². The van der Waals surface area contributed by atoms with Crippen LogP contribution in [-0.4, -0.2) is 35.2 Å². The van der Waals surface area contributed by atoms with E-state index < -0.39 is 11.8 Å². The van der Waals surface area contributed by atoms with Crippen LogP contribution in [0.5, 0.6) is 5.75 Å². The number of nitriles is 1. The standard InChI is InChI=1S/C21H24BrN3O2/c1-2-17-9-10-18(14-23)25(17)20(26)15-24-21(11-4-3-5-12-21)27-19-8-6-7-16(22)13-19/h1,6-8,13,17-18,24H,3-5,9-12,15H2/t17-,18-/m0/s1. The molecule has 2 atom stereocenters. The van der Waals surface area contributed by atoms with Gasteiger partial charge in [-0.3, -0.25) is 10.1 Å². The number of halogens is 1. The molecule has 2 aliphatic rings. The summed E-state index contributed by atoms with van der Waals surface area (Å²) in [5, 5.41) is 12.7. The van der Waals surface area contributed by atoms with Crippen LogP contribution in [0.3, 0.4) is 0 Å². The van der Waals surface area contributed by atoms with Crippen molar-refractivity contribution in [2.75, 3.05) is 6.54 Å². The van der Waals surface area contributed by atoms with E-state index in [0.717, 1.165) is 35.9 Å². The topological polar surface area (TPSA) is 65.4 Å². The molecule has 27 heavy (non-hydrogen) atoms. The number of benzene rings is 1. The third-order valence-electron chi connectivity index (χ3n) is 5.35. The second-order valence-electron chi connectivity index (χ2n) is 7.17. The van der Waals surface area contributed by atoms with Crippen LogP contribution in [0.15, 0.2) is 28.7 Å². The minimum atomic E-state index is -0.567. The largest absolute Gasteiger partial charge is 0.473 e. The molecule has 1 aliphatic heterocycles. The van der Waals surface area contributed by atoms with Crippen LogP contribution >= 0.6 is 15.9 Å². The van der Waals surface area contributed by atoms with Gasteiger partial charge in [-0.2, -0.15) is 5.26 Å². The molecule has 142 valence electrons. The van der Waals surface area contributed by atoms with Crippen LogP contribution in [0.25, 0.3) is 0 Å². The van der Waals surface area contributed by atoms with Crippen molar-refractivity contribution in [3.63, 3.8) is 0 Å². The zero-order valence-electron chi connectivity index (χ0n) is 15.3. The molecule has 3 rings (SSSR count).